The number of aryl methyl sites for hydroxylation is 1. The van der Waals surface area contributed by atoms with Gasteiger partial charge in [-0.05, 0) is 207 Å². The number of aromatic nitrogens is 4. The summed E-state index contributed by atoms with van der Waals surface area (Å²) in [5.41, 5.74) is -12.4. The molecule has 3 heterocycles. The van der Waals surface area contributed by atoms with Gasteiger partial charge in [0.1, 0.15) is 5.82 Å². The van der Waals surface area contributed by atoms with Crippen molar-refractivity contribution < 1.29 is 83.8 Å². The Morgan fingerprint density at radius 2 is 0.876 bits per heavy atom. The summed E-state index contributed by atoms with van der Waals surface area (Å²) in [7, 11) is 0. The van der Waals surface area contributed by atoms with Crippen LogP contribution in [0.15, 0.2) is 333 Å². The Kier molecular flexibility index (Phi) is 9.70. The molecule has 0 amide bonds. The quantitative estimate of drug-likeness (QED) is 0.0803. The molecule has 510 valence electrons. The molecule has 0 saturated heterocycles. The molecule has 0 aliphatic rings. The Morgan fingerprint density at radius 3 is 1.39 bits per heavy atom. The number of para-hydroxylation sites is 1. The van der Waals surface area contributed by atoms with Gasteiger partial charge in [0.2, 0.25) is 0 Å². The molecular weight excluding hydrogens is 1460 g/mol. The van der Waals surface area contributed by atoms with Crippen LogP contribution in [0.25, 0.3) is 150 Å². The molecular formula is C99H76N4OPt-2. The third kappa shape index (κ3) is 13.4. The van der Waals surface area contributed by atoms with Crippen LogP contribution in [-0.2, 0) is 31.9 Å². The van der Waals surface area contributed by atoms with Gasteiger partial charge >= 0.3 is 0 Å². The van der Waals surface area contributed by atoms with Crippen molar-refractivity contribution in [2.75, 3.05) is 0 Å². The second kappa shape index (κ2) is 28.0. The number of pyridine rings is 1. The van der Waals surface area contributed by atoms with Crippen molar-refractivity contribution in [3.63, 3.8) is 0 Å². The number of hydrogen-bond acceptors (Lipinski definition) is 2. The zero-order chi connectivity index (χ0) is 104. The summed E-state index contributed by atoms with van der Waals surface area (Å²) in [6, 6.07) is -1.69. The van der Waals surface area contributed by atoms with E-state index in [1.165, 1.54) is 39.5 Å². The topological polar surface area (TPSA) is 35.9 Å². The second-order valence-corrected chi connectivity index (χ2v) is 26.2. The van der Waals surface area contributed by atoms with Crippen LogP contribution in [0.2, 0.25) is 0 Å². The SMILES string of the molecule is [2H]c1c([2H])c([2H])c(-c2cc(-c3c([2H])c(-c4c([2H])c([2H])c([2H])c([2H])c4[2H])c([2H])c(-c4c([2H])c([2H])c([2H])c([2H])c4[2H])c3[2H])c(-[n+]3[c-]n(-c4[c-]c(Oc5[c-]c6c(cc5)c5ccccc5n6-c5cc(C([2H])([2H])[2H])c(-c6c([2H])c([2H])c([2H])c([2H])c6[2H])cn5)ccc4)c4cc(-c5cc(C(C)(C)C)cc(C(C)(C)C)c5)ccc43)c(-c3c([2H])c(-c4c([2H])c([2H])c([2H])c([2H])c4[2H])c([2H])c(-c4c([2H])c([2H])c([2H])c([2H])c4[2H])c3[2H])c2)c([2H])c1[2H].[Pt]. The summed E-state index contributed by atoms with van der Waals surface area (Å²) in [5, 5.41) is 1.13. The first-order valence-corrected chi connectivity index (χ1v) is 32.6. The molecule has 3 aromatic heterocycles. The standard InChI is InChI=1S/C99H76N4O.Pt/c1-66-49-96(100-64-91(66)72-39-24-13-25-40-72)103-92-44-27-26-43-87(92)88-47-46-86(63-94(88)103)104-85-42-28-41-84(62-85)101-65-102(93-48-45-73(60-95(93)101)78-56-82(98(2,3)4)61-83(57-78)99(5,6)7)97-89(80-52-74(67-29-14-8-15-30-67)50-75(53-80)68-31-16-9-17-32-68)58-79(71-37-22-12-23-38-71)59-90(97)81-54-76(69-33-18-10-19-34-69)51-77(55-81)70-35-20-11-21-36-70;/h8-61,64H,1-7H3;/q-2;/i1D3,8D,9D,10D,11D,12D,13D,14D,15D,16D,17D,18D,19D,20D,21D,22D,23D,24D,25D,29D,30D,31D,32D,33D,34D,35D,36D,37D,38D,39D,40D,50D,51D,52D,53D,54D,55D;. The van der Waals surface area contributed by atoms with Gasteiger partial charge in [-0.2, -0.15) is 18.2 Å². The average Bonchev–Trinajstić information content (AvgIpc) is 1.02. The number of rotatable bonds is 14. The normalized spacial score (nSPS) is 17.0. The van der Waals surface area contributed by atoms with Crippen LogP contribution in [-0.4, -0.2) is 14.1 Å². The van der Waals surface area contributed by atoms with E-state index in [2.05, 4.69) is 24.5 Å². The zero-order valence-electron chi connectivity index (χ0n) is 95.5. The van der Waals surface area contributed by atoms with Gasteiger partial charge in [0.15, 0.2) is 0 Å². The third-order valence-electron chi connectivity index (χ3n) is 17.5. The fourth-order valence-electron chi connectivity index (χ4n) is 12.4. The van der Waals surface area contributed by atoms with Gasteiger partial charge in [-0.3, -0.25) is 4.57 Å². The predicted octanol–water partition coefficient (Wildman–Crippen LogP) is 25.5. The Balaban J connectivity index is 0.0000149. The Hall–Kier alpha value is -12.0. The van der Waals surface area contributed by atoms with Crippen molar-refractivity contribution in [2.24, 2.45) is 0 Å². The van der Waals surface area contributed by atoms with E-state index in [-0.39, 0.29) is 66.2 Å². The maximum atomic E-state index is 11.0. The molecule has 6 heteroatoms. The Labute approximate surface area is 684 Å². The molecule has 5 nitrogen and oxygen atoms in total. The van der Waals surface area contributed by atoms with E-state index in [1.807, 2.05) is 53.7 Å². The molecule has 0 aliphatic carbocycles. The number of nitrogens with zero attached hydrogens (tertiary/aromatic N) is 4. The van der Waals surface area contributed by atoms with Gasteiger partial charge in [-0.25, -0.2) is 4.98 Å². The van der Waals surface area contributed by atoms with Crippen molar-refractivity contribution in [1.82, 2.24) is 14.1 Å². The van der Waals surface area contributed by atoms with Crippen molar-refractivity contribution in [3.05, 3.63) is 368 Å². The molecule has 105 heavy (non-hydrogen) atoms. The predicted molar refractivity (Wildman–Crippen MR) is 431 cm³/mol. The minimum atomic E-state index is -3.00. The van der Waals surface area contributed by atoms with Crippen LogP contribution in [0.1, 0.15) is 112 Å². The largest absolute Gasteiger partial charge is 0.510 e. The summed E-state index contributed by atoms with van der Waals surface area (Å²) in [5.74, 6) is -0.168. The smallest absolute Gasteiger partial charge is 0.268 e. The van der Waals surface area contributed by atoms with Gasteiger partial charge in [0, 0.05) is 54.0 Å². The van der Waals surface area contributed by atoms with E-state index < -0.39 is 330 Å². The number of fused-ring (bicyclic) bond motifs is 4. The Bertz CT molecular complexity index is 7900. The van der Waals surface area contributed by atoms with Crippen LogP contribution < -0.4 is 9.30 Å². The molecule has 0 fully saturated rings. The molecule has 0 aliphatic heterocycles. The van der Waals surface area contributed by atoms with Crippen LogP contribution in [0.3, 0.4) is 0 Å². The first-order valence-electron chi connectivity index (χ1n) is 52.1. The van der Waals surface area contributed by atoms with Crippen molar-refractivity contribution >= 4 is 32.8 Å². The number of imidazole rings is 1. The molecule has 17 rings (SSSR count). The van der Waals surface area contributed by atoms with Crippen LogP contribution in [0, 0.1) is 25.3 Å². The van der Waals surface area contributed by atoms with Gasteiger partial charge in [0.25, 0.3) is 6.33 Å². The van der Waals surface area contributed by atoms with E-state index in [9.17, 15) is 24.7 Å². The maximum absolute atomic E-state index is 11.0. The number of ether oxygens (including phenoxy) is 1. The van der Waals surface area contributed by atoms with Crippen molar-refractivity contribution in [1.29, 1.82) is 0 Å². The summed E-state index contributed by atoms with van der Waals surface area (Å²) in [6.07, 6.45) is 4.50. The molecule has 14 aromatic carbocycles. The first-order chi connectivity index (χ1) is 66.9. The molecule has 0 N–H and O–H groups in total. The maximum Gasteiger partial charge on any atom is 0.268 e. The van der Waals surface area contributed by atoms with Crippen molar-refractivity contribution in [3.8, 4) is 129 Å². The molecule has 0 unspecified atom stereocenters. The number of benzene rings is 14. The van der Waals surface area contributed by atoms with Gasteiger partial charge < -0.3 is 13.9 Å². The van der Waals surface area contributed by atoms with E-state index >= 15 is 0 Å². The summed E-state index contributed by atoms with van der Waals surface area (Å²) in [6.45, 7) is 9.08. The molecule has 0 spiro atoms. The van der Waals surface area contributed by atoms with E-state index in [0.717, 1.165) is 29.5 Å². The van der Waals surface area contributed by atoms with E-state index in [4.69, 9.17) is 38.5 Å². The monoisotopic (exact) mass is 1570 g/mol. The Morgan fingerprint density at radius 1 is 0.400 bits per heavy atom. The van der Waals surface area contributed by atoms with E-state index in [1.54, 1.807) is 53.1 Å². The van der Waals surface area contributed by atoms with Crippen LogP contribution >= 0.6 is 0 Å². The molecule has 0 radical (unpaired) electrons. The fourth-order valence-corrected chi connectivity index (χ4v) is 12.4. The zero-order valence-corrected chi connectivity index (χ0v) is 58.8. The van der Waals surface area contributed by atoms with Gasteiger partial charge in [-0.1, -0.05) is 277 Å². The molecule has 17 aromatic rings. The fraction of sp³-hybridized carbons (Fsp3) is 0.0909. The average molecular weight is 1570 g/mol. The minimum absolute atomic E-state index is 0. The van der Waals surface area contributed by atoms with Crippen LogP contribution in [0.5, 0.6) is 11.5 Å². The van der Waals surface area contributed by atoms with Crippen molar-refractivity contribution in [2.45, 2.75) is 59.2 Å². The third-order valence-corrected chi connectivity index (χ3v) is 17.5. The molecule has 0 atom stereocenters. The second-order valence-electron chi connectivity index (χ2n) is 26.2. The van der Waals surface area contributed by atoms with E-state index in [0.29, 0.717) is 27.4 Å². The summed E-state index contributed by atoms with van der Waals surface area (Å²) >= 11 is 0. The summed E-state index contributed by atoms with van der Waals surface area (Å²) < 4.78 is 377. The summed E-state index contributed by atoms with van der Waals surface area (Å²) in [4.78, 5) is 4.71. The molecule has 0 saturated carbocycles. The molecule has 0 bridgehead atoms. The minimum Gasteiger partial charge on any atom is -0.510 e. The van der Waals surface area contributed by atoms with Gasteiger partial charge in [-0.15, -0.1) is 29.7 Å². The first kappa shape index (κ1) is 36.4. The number of hydrogen-bond donors (Lipinski definition) is 0. The van der Waals surface area contributed by atoms with Crippen LogP contribution in [0.4, 0.5) is 0 Å². The van der Waals surface area contributed by atoms with Gasteiger partial charge in [0.05, 0.1) is 66.1 Å².